The predicted molar refractivity (Wildman–Crippen MR) is 162 cm³/mol. The second kappa shape index (κ2) is 23.4. The summed E-state index contributed by atoms with van der Waals surface area (Å²) < 4.78 is 0. The zero-order valence-electron chi connectivity index (χ0n) is 25.5. The van der Waals surface area contributed by atoms with Gasteiger partial charge in [0.1, 0.15) is 5.75 Å². The van der Waals surface area contributed by atoms with Gasteiger partial charge in [0.15, 0.2) is 0 Å². The van der Waals surface area contributed by atoms with Gasteiger partial charge in [-0.3, -0.25) is 0 Å². The Labute approximate surface area is 236 Å². The van der Waals surface area contributed by atoms with Gasteiger partial charge >= 0.3 is 0 Å². The van der Waals surface area contributed by atoms with Crippen LogP contribution in [-0.2, 0) is 24.1 Å². The number of carboxylic acid groups (broad SMARTS) is 1. The lowest BCUT2D eigenvalue weighted by atomic mass is 9.89. The standard InChI is InChI=1S/C35H62O3/c1-4-7-10-11-12-13-14-15-16-17-18-19-20-21-22-23-26-33(35(37)38)29-30-27-31(24-8-5-2)34(36)32(28-30)25-9-6-3/h27-28,33,36H,4-26,29H2,1-3H3,(H,37,38)/p-1. The minimum absolute atomic E-state index is 0.429. The van der Waals surface area contributed by atoms with Gasteiger partial charge in [-0.1, -0.05) is 148 Å². The monoisotopic (exact) mass is 529 g/mol. The highest BCUT2D eigenvalue weighted by atomic mass is 16.4. The Morgan fingerprint density at radius 3 is 1.37 bits per heavy atom. The van der Waals surface area contributed by atoms with Gasteiger partial charge in [-0.15, -0.1) is 0 Å². The molecule has 0 amide bonds. The number of aryl methyl sites for hydroxylation is 2. The molecule has 0 radical (unpaired) electrons. The number of carbonyl (C=O) groups is 1. The molecule has 0 bridgehead atoms. The summed E-state index contributed by atoms with van der Waals surface area (Å²) in [5, 5.41) is 22.7. The smallest absolute Gasteiger partial charge is 0.121 e. The fraction of sp³-hybridized carbons (Fsp3) is 0.800. The third-order valence-corrected chi connectivity index (χ3v) is 8.15. The summed E-state index contributed by atoms with van der Waals surface area (Å²) >= 11 is 0. The van der Waals surface area contributed by atoms with Crippen molar-refractivity contribution in [2.24, 2.45) is 5.92 Å². The van der Waals surface area contributed by atoms with Crippen molar-refractivity contribution in [2.45, 2.75) is 175 Å². The number of unbranched alkanes of at least 4 members (excludes halogenated alkanes) is 17. The molecule has 0 aliphatic carbocycles. The molecule has 0 aliphatic rings. The molecule has 0 fully saturated rings. The number of rotatable bonds is 26. The van der Waals surface area contributed by atoms with Gasteiger partial charge in [0.05, 0.1) is 0 Å². The Hall–Kier alpha value is -1.51. The molecule has 1 aromatic rings. The molecule has 0 saturated heterocycles. The van der Waals surface area contributed by atoms with Crippen molar-refractivity contribution in [2.75, 3.05) is 0 Å². The van der Waals surface area contributed by atoms with Crippen LogP contribution in [0, 0.1) is 5.92 Å². The first-order valence-corrected chi connectivity index (χ1v) is 16.6. The van der Waals surface area contributed by atoms with Crippen molar-refractivity contribution in [1.29, 1.82) is 0 Å². The summed E-state index contributed by atoms with van der Waals surface area (Å²) in [5.74, 6) is -0.938. The number of phenols is 1. The lowest BCUT2D eigenvalue weighted by Crippen LogP contribution is -2.32. The summed E-state index contributed by atoms with van der Waals surface area (Å²) in [4.78, 5) is 11.9. The average molecular weight is 530 g/mol. The number of phenolic OH excluding ortho intramolecular Hbond substituents is 1. The van der Waals surface area contributed by atoms with Crippen LogP contribution in [0.1, 0.15) is 172 Å². The van der Waals surface area contributed by atoms with E-state index in [9.17, 15) is 15.0 Å². The number of benzene rings is 1. The Kier molecular flexibility index (Phi) is 21.2. The Balaban J connectivity index is 2.28. The van der Waals surface area contributed by atoms with Crippen LogP contribution in [0.3, 0.4) is 0 Å². The second-order valence-corrected chi connectivity index (χ2v) is 11.8. The van der Waals surface area contributed by atoms with Crippen molar-refractivity contribution >= 4 is 5.97 Å². The zero-order chi connectivity index (χ0) is 27.8. The van der Waals surface area contributed by atoms with E-state index in [-0.39, 0.29) is 0 Å². The largest absolute Gasteiger partial charge is 0.550 e. The molecule has 0 heterocycles. The molecule has 0 aliphatic heterocycles. The van der Waals surface area contributed by atoms with Crippen molar-refractivity contribution < 1.29 is 15.0 Å². The van der Waals surface area contributed by atoms with E-state index >= 15 is 0 Å². The Morgan fingerprint density at radius 1 is 0.632 bits per heavy atom. The van der Waals surface area contributed by atoms with E-state index in [0.717, 1.165) is 68.1 Å². The fourth-order valence-electron chi connectivity index (χ4n) is 5.59. The lowest BCUT2D eigenvalue weighted by molar-refractivity contribution is -0.311. The summed E-state index contributed by atoms with van der Waals surface area (Å²) in [5.41, 5.74) is 3.01. The van der Waals surface area contributed by atoms with Crippen LogP contribution in [0.2, 0.25) is 0 Å². The topological polar surface area (TPSA) is 60.4 Å². The molecule has 1 unspecified atom stereocenters. The molecule has 220 valence electrons. The first-order valence-electron chi connectivity index (χ1n) is 16.6. The van der Waals surface area contributed by atoms with Crippen LogP contribution in [0.25, 0.3) is 0 Å². The minimum Gasteiger partial charge on any atom is -0.550 e. The van der Waals surface area contributed by atoms with E-state index in [1.165, 1.54) is 89.9 Å². The van der Waals surface area contributed by atoms with E-state index in [1.807, 2.05) is 12.1 Å². The number of carbonyl (C=O) groups excluding carboxylic acids is 1. The highest BCUT2D eigenvalue weighted by molar-refractivity contribution is 5.68. The van der Waals surface area contributed by atoms with Gasteiger partial charge in [-0.05, 0) is 55.2 Å². The zero-order valence-corrected chi connectivity index (χ0v) is 25.5. The predicted octanol–water partition coefficient (Wildman–Crippen LogP) is 9.64. The van der Waals surface area contributed by atoms with Crippen molar-refractivity contribution in [3.8, 4) is 5.75 Å². The van der Waals surface area contributed by atoms with Crippen molar-refractivity contribution in [1.82, 2.24) is 0 Å². The van der Waals surface area contributed by atoms with Gasteiger partial charge in [0.25, 0.3) is 0 Å². The summed E-state index contributed by atoms with van der Waals surface area (Å²) in [6, 6.07) is 4.09. The molecule has 0 aromatic heterocycles. The molecule has 3 heteroatoms. The van der Waals surface area contributed by atoms with E-state index in [0.29, 0.717) is 18.6 Å². The Bertz CT molecular complexity index is 682. The molecule has 1 N–H and O–H groups in total. The number of aromatic hydroxyl groups is 1. The highest BCUT2D eigenvalue weighted by Gasteiger charge is 2.15. The average Bonchev–Trinajstić information content (AvgIpc) is 2.91. The molecular formula is C35H61O3-. The van der Waals surface area contributed by atoms with Crippen LogP contribution in [0.4, 0.5) is 0 Å². The SMILES string of the molecule is CCCCCCCCCCCCCCCCCCC(Cc1cc(CCCC)c(O)c(CCCC)c1)C(=O)[O-]. The van der Waals surface area contributed by atoms with Crippen LogP contribution in [0.5, 0.6) is 5.75 Å². The first-order chi connectivity index (χ1) is 18.5. The van der Waals surface area contributed by atoms with Gasteiger partial charge in [-0.2, -0.15) is 0 Å². The van der Waals surface area contributed by atoms with Gasteiger partial charge < -0.3 is 15.0 Å². The van der Waals surface area contributed by atoms with Crippen molar-refractivity contribution in [3.05, 3.63) is 28.8 Å². The maximum Gasteiger partial charge on any atom is 0.121 e. The van der Waals surface area contributed by atoms with Gasteiger partial charge in [-0.25, -0.2) is 0 Å². The quantitative estimate of drug-likeness (QED) is 0.121. The number of hydrogen-bond acceptors (Lipinski definition) is 3. The number of carboxylic acids is 1. The fourth-order valence-corrected chi connectivity index (χ4v) is 5.59. The Morgan fingerprint density at radius 2 is 1.00 bits per heavy atom. The molecule has 1 atom stereocenters. The molecule has 38 heavy (non-hydrogen) atoms. The maximum atomic E-state index is 11.9. The summed E-state index contributed by atoms with van der Waals surface area (Å²) in [6.45, 7) is 6.59. The first kappa shape index (κ1) is 34.5. The van der Waals surface area contributed by atoms with E-state index < -0.39 is 11.9 Å². The van der Waals surface area contributed by atoms with Crippen LogP contribution in [0.15, 0.2) is 12.1 Å². The van der Waals surface area contributed by atoms with E-state index in [2.05, 4.69) is 20.8 Å². The highest BCUT2D eigenvalue weighted by Crippen LogP contribution is 2.29. The molecule has 1 aromatic carbocycles. The molecule has 0 saturated carbocycles. The molecule has 3 nitrogen and oxygen atoms in total. The third kappa shape index (κ3) is 16.5. The van der Waals surface area contributed by atoms with Gasteiger partial charge in [0.2, 0.25) is 0 Å². The third-order valence-electron chi connectivity index (χ3n) is 8.15. The molecule has 1 rings (SSSR count). The normalized spacial score (nSPS) is 12.2. The molecule has 0 spiro atoms. The van der Waals surface area contributed by atoms with E-state index in [4.69, 9.17) is 0 Å². The van der Waals surface area contributed by atoms with Crippen LogP contribution in [-0.4, -0.2) is 11.1 Å². The number of hydrogen-bond donors (Lipinski definition) is 1. The minimum atomic E-state index is -0.927. The summed E-state index contributed by atoms with van der Waals surface area (Å²) in [7, 11) is 0. The van der Waals surface area contributed by atoms with E-state index in [1.54, 1.807) is 0 Å². The van der Waals surface area contributed by atoms with Crippen LogP contribution < -0.4 is 5.11 Å². The van der Waals surface area contributed by atoms with Crippen LogP contribution >= 0.6 is 0 Å². The van der Waals surface area contributed by atoms with Crippen molar-refractivity contribution in [3.63, 3.8) is 0 Å². The maximum absolute atomic E-state index is 11.9. The van der Waals surface area contributed by atoms with Gasteiger partial charge in [0, 0.05) is 11.9 Å². The lowest BCUT2D eigenvalue weighted by Gasteiger charge is -2.20. The second-order valence-electron chi connectivity index (χ2n) is 11.8. The summed E-state index contributed by atoms with van der Waals surface area (Å²) in [6.07, 6.45) is 28.3. The molecular weight excluding hydrogens is 468 g/mol. The number of aliphatic carboxylic acids is 1.